The molecule has 0 spiro atoms. The van der Waals surface area contributed by atoms with Crippen LogP contribution in [0.5, 0.6) is 5.75 Å². The van der Waals surface area contributed by atoms with Crippen molar-refractivity contribution in [2.24, 2.45) is 0 Å². The maximum absolute atomic E-state index is 9.01. The molecule has 1 N–H and O–H groups in total. The van der Waals surface area contributed by atoms with Gasteiger partial charge in [-0.1, -0.05) is 11.6 Å². The number of rotatable bonds is 3. The number of morpholine rings is 1. The van der Waals surface area contributed by atoms with E-state index in [0.29, 0.717) is 22.9 Å². The van der Waals surface area contributed by atoms with Gasteiger partial charge in [0.15, 0.2) is 0 Å². The summed E-state index contributed by atoms with van der Waals surface area (Å²) in [4.78, 5) is 0. The third kappa shape index (κ3) is 3.84. The summed E-state index contributed by atoms with van der Waals surface area (Å²) in [6, 6.07) is 7.07. The summed E-state index contributed by atoms with van der Waals surface area (Å²) in [6.07, 6.45) is -0.0331. The molecule has 1 aliphatic rings. The molecule has 0 saturated carbocycles. The van der Waals surface area contributed by atoms with Gasteiger partial charge in [-0.25, -0.2) is 0 Å². The quantitative estimate of drug-likeness (QED) is 0.923. The van der Waals surface area contributed by atoms with Gasteiger partial charge in [0.25, 0.3) is 0 Å². The van der Waals surface area contributed by atoms with E-state index in [4.69, 9.17) is 26.3 Å². The molecule has 0 aliphatic carbocycles. The minimum atomic E-state index is -0.196. The average Bonchev–Trinajstić information content (AvgIpc) is 2.35. The lowest BCUT2D eigenvalue weighted by Gasteiger charge is -2.36. The van der Waals surface area contributed by atoms with Gasteiger partial charge in [0.1, 0.15) is 24.5 Å². The second kappa shape index (κ2) is 5.79. The fourth-order valence-electron chi connectivity index (χ4n) is 2.05. The molecule has 0 amide bonds. The number of nitriles is 1. The maximum atomic E-state index is 9.01. The Bertz CT molecular complexity index is 497. The topological polar surface area (TPSA) is 54.3 Å². The molecule has 4 nitrogen and oxygen atoms in total. The number of benzene rings is 1. The van der Waals surface area contributed by atoms with Gasteiger partial charge < -0.3 is 14.8 Å². The summed E-state index contributed by atoms with van der Waals surface area (Å²) >= 11 is 5.91. The Balaban J connectivity index is 1.99. The van der Waals surface area contributed by atoms with Crippen LogP contribution in [0.1, 0.15) is 19.4 Å². The first-order valence-corrected chi connectivity index (χ1v) is 6.59. The van der Waals surface area contributed by atoms with Crippen LogP contribution in [-0.2, 0) is 4.74 Å². The van der Waals surface area contributed by atoms with Gasteiger partial charge in [0.05, 0.1) is 11.2 Å². The largest absolute Gasteiger partial charge is 0.489 e. The third-order valence-electron chi connectivity index (χ3n) is 2.90. The predicted molar refractivity (Wildman–Crippen MR) is 73.5 cm³/mol. The summed E-state index contributed by atoms with van der Waals surface area (Å²) in [6.45, 7) is 6.03. The van der Waals surface area contributed by atoms with Crippen LogP contribution in [0.15, 0.2) is 18.2 Å². The van der Waals surface area contributed by atoms with E-state index in [1.54, 1.807) is 18.2 Å². The summed E-state index contributed by atoms with van der Waals surface area (Å²) in [5.41, 5.74) is 0.283. The van der Waals surface area contributed by atoms with Crippen LogP contribution in [0.2, 0.25) is 5.02 Å². The van der Waals surface area contributed by atoms with Gasteiger partial charge in [-0.05, 0) is 26.0 Å². The van der Waals surface area contributed by atoms with Crippen LogP contribution >= 0.6 is 11.6 Å². The summed E-state index contributed by atoms with van der Waals surface area (Å²) in [5, 5.41) is 12.9. The van der Waals surface area contributed by atoms with Crippen molar-refractivity contribution in [1.29, 1.82) is 5.26 Å². The summed E-state index contributed by atoms with van der Waals surface area (Å²) in [5.74, 6) is 0.502. The smallest absolute Gasteiger partial charge is 0.138 e. The lowest BCUT2D eigenvalue weighted by Crippen LogP contribution is -2.52. The fraction of sp³-hybridized carbons (Fsp3) is 0.500. The van der Waals surface area contributed by atoms with Gasteiger partial charge >= 0.3 is 0 Å². The van der Waals surface area contributed by atoms with Crippen molar-refractivity contribution in [1.82, 2.24) is 5.32 Å². The summed E-state index contributed by atoms with van der Waals surface area (Å²) < 4.78 is 11.6. The molecule has 19 heavy (non-hydrogen) atoms. The lowest BCUT2D eigenvalue weighted by atomic mass is 10.1. The van der Waals surface area contributed by atoms with Crippen molar-refractivity contribution in [3.8, 4) is 11.8 Å². The van der Waals surface area contributed by atoms with Crippen molar-refractivity contribution >= 4 is 11.6 Å². The highest BCUT2D eigenvalue weighted by atomic mass is 35.5. The number of hydrogen-bond donors (Lipinski definition) is 1. The average molecular weight is 281 g/mol. The normalized spacial score (nSPS) is 21.7. The van der Waals surface area contributed by atoms with Gasteiger partial charge in [-0.15, -0.1) is 0 Å². The van der Waals surface area contributed by atoms with Crippen molar-refractivity contribution in [3.05, 3.63) is 28.8 Å². The van der Waals surface area contributed by atoms with Crippen molar-refractivity contribution in [3.63, 3.8) is 0 Å². The zero-order chi connectivity index (χ0) is 13.9. The molecule has 2 rings (SSSR count). The first-order valence-electron chi connectivity index (χ1n) is 6.21. The second-order valence-corrected chi connectivity index (χ2v) is 5.63. The Labute approximate surface area is 118 Å². The maximum Gasteiger partial charge on any atom is 0.138 e. The highest BCUT2D eigenvalue weighted by Crippen LogP contribution is 2.24. The molecule has 1 unspecified atom stereocenters. The first-order chi connectivity index (χ1) is 9.00. The van der Waals surface area contributed by atoms with E-state index in [1.165, 1.54) is 0 Å². The Hall–Kier alpha value is -1.28. The van der Waals surface area contributed by atoms with Crippen LogP contribution < -0.4 is 10.1 Å². The van der Waals surface area contributed by atoms with Gasteiger partial charge in [0, 0.05) is 24.2 Å². The fourth-order valence-corrected chi connectivity index (χ4v) is 2.21. The molecule has 1 saturated heterocycles. The van der Waals surface area contributed by atoms with E-state index in [0.717, 1.165) is 13.1 Å². The Morgan fingerprint density at radius 2 is 2.37 bits per heavy atom. The van der Waals surface area contributed by atoms with Gasteiger partial charge in [-0.2, -0.15) is 5.26 Å². The molecular weight excluding hydrogens is 264 g/mol. The van der Waals surface area contributed by atoms with E-state index in [-0.39, 0.29) is 11.7 Å². The van der Waals surface area contributed by atoms with Crippen LogP contribution in [0.25, 0.3) is 0 Å². The zero-order valence-electron chi connectivity index (χ0n) is 11.1. The van der Waals surface area contributed by atoms with E-state index in [9.17, 15) is 0 Å². The minimum Gasteiger partial charge on any atom is -0.489 e. The zero-order valence-corrected chi connectivity index (χ0v) is 11.8. The molecule has 1 atom stereocenters. The molecule has 1 heterocycles. The van der Waals surface area contributed by atoms with Gasteiger partial charge in [-0.3, -0.25) is 0 Å². The second-order valence-electron chi connectivity index (χ2n) is 5.19. The molecule has 1 aliphatic heterocycles. The van der Waals surface area contributed by atoms with Crippen molar-refractivity contribution < 1.29 is 9.47 Å². The number of nitrogens with one attached hydrogen (secondary N) is 1. The highest BCUT2D eigenvalue weighted by molar-refractivity contribution is 6.30. The highest BCUT2D eigenvalue weighted by Gasteiger charge is 2.28. The van der Waals surface area contributed by atoms with Crippen LogP contribution in [0.3, 0.4) is 0 Å². The molecule has 0 radical (unpaired) electrons. The number of halogens is 1. The van der Waals surface area contributed by atoms with Crippen LogP contribution in [-0.4, -0.2) is 31.4 Å². The number of hydrogen-bond acceptors (Lipinski definition) is 4. The molecule has 0 aromatic heterocycles. The Kier molecular flexibility index (Phi) is 4.31. The van der Waals surface area contributed by atoms with E-state index >= 15 is 0 Å². The SMILES string of the molecule is CC1(C)CNCC(COc2cc(Cl)ccc2C#N)O1. The molecule has 1 aromatic carbocycles. The van der Waals surface area contributed by atoms with Crippen LogP contribution in [0, 0.1) is 11.3 Å². The predicted octanol–water partition coefficient (Wildman–Crippen LogP) is 2.36. The minimum absolute atomic E-state index is 0.0331. The third-order valence-corrected chi connectivity index (χ3v) is 3.13. The monoisotopic (exact) mass is 280 g/mol. The molecular formula is C14H17ClN2O2. The molecule has 1 aromatic rings. The molecule has 5 heteroatoms. The number of nitrogens with zero attached hydrogens (tertiary/aromatic N) is 1. The van der Waals surface area contributed by atoms with Gasteiger partial charge in [0.2, 0.25) is 0 Å². The first kappa shape index (κ1) is 14.1. The standard InChI is InChI=1S/C14H17ClN2O2/c1-14(2)9-17-7-12(19-14)8-18-13-5-11(15)4-3-10(13)6-16/h3-5,12,17H,7-9H2,1-2H3. The van der Waals surface area contributed by atoms with Crippen molar-refractivity contribution in [2.75, 3.05) is 19.7 Å². The Morgan fingerprint density at radius 3 is 3.05 bits per heavy atom. The lowest BCUT2D eigenvalue weighted by molar-refractivity contribution is -0.107. The van der Waals surface area contributed by atoms with E-state index in [2.05, 4.69) is 11.4 Å². The van der Waals surface area contributed by atoms with Crippen LogP contribution in [0.4, 0.5) is 0 Å². The molecule has 1 fully saturated rings. The molecule has 102 valence electrons. The summed E-state index contributed by atoms with van der Waals surface area (Å²) in [7, 11) is 0. The Morgan fingerprint density at radius 1 is 1.58 bits per heavy atom. The number of ether oxygens (including phenoxy) is 2. The van der Waals surface area contributed by atoms with E-state index < -0.39 is 0 Å². The van der Waals surface area contributed by atoms with Crippen molar-refractivity contribution in [2.45, 2.75) is 25.6 Å². The van der Waals surface area contributed by atoms with E-state index in [1.807, 2.05) is 13.8 Å². The molecule has 0 bridgehead atoms.